The lowest BCUT2D eigenvalue weighted by molar-refractivity contribution is 0.288. The van der Waals surface area contributed by atoms with Gasteiger partial charge in [-0.3, -0.25) is 4.18 Å². The maximum atomic E-state index is 10.4. The quantitative estimate of drug-likeness (QED) is 0.427. The zero-order chi connectivity index (χ0) is 7.61. The molecule has 0 aromatic carbocycles. The third kappa shape index (κ3) is 3.81. The van der Waals surface area contributed by atoms with E-state index in [9.17, 15) is 8.42 Å². The highest BCUT2D eigenvalue weighted by Gasteiger charge is 2.22. The van der Waals surface area contributed by atoms with Crippen molar-refractivity contribution in [2.24, 2.45) is 0 Å². The Balaban J connectivity index is 2.04. The maximum absolute atomic E-state index is 10.4. The normalized spacial score (nSPS) is 24.7. The average Bonchev–Trinajstić information content (AvgIpc) is 2.45. The first-order chi connectivity index (χ1) is 4.58. The highest BCUT2D eigenvalue weighted by atomic mass is 32.2. The molecule has 1 saturated heterocycles. The van der Waals surface area contributed by atoms with E-state index in [0.29, 0.717) is 6.42 Å². The first-order valence-electron chi connectivity index (χ1n) is 3.04. The van der Waals surface area contributed by atoms with Crippen molar-refractivity contribution in [2.75, 3.05) is 19.5 Å². The molecule has 1 heterocycles. The van der Waals surface area contributed by atoms with E-state index < -0.39 is 10.1 Å². The van der Waals surface area contributed by atoms with Gasteiger partial charge in [-0.1, -0.05) is 0 Å². The molecular weight excluding hydrogens is 156 g/mol. The average molecular weight is 166 g/mol. The summed E-state index contributed by atoms with van der Waals surface area (Å²) in [5, 5.41) is 0. The highest BCUT2D eigenvalue weighted by Crippen LogP contribution is 2.13. The van der Waals surface area contributed by atoms with Crippen LogP contribution in [0.5, 0.6) is 0 Å². The minimum atomic E-state index is -3.25. The summed E-state index contributed by atoms with van der Waals surface area (Å²) in [5.74, 6) is 0. The Morgan fingerprint density at radius 3 is 2.70 bits per heavy atom. The SMILES string of the molecule is CS(=O)(=O)OCC[C@@H]1CO1. The fourth-order valence-corrected chi connectivity index (χ4v) is 0.965. The van der Waals surface area contributed by atoms with Gasteiger partial charge in [0.05, 0.1) is 25.6 Å². The molecule has 0 radical (unpaired) electrons. The molecule has 60 valence electrons. The lowest BCUT2D eigenvalue weighted by Crippen LogP contribution is -2.05. The van der Waals surface area contributed by atoms with Crippen LogP contribution in [-0.4, -0.2) is 34.0 Å². The van der Waals surface area contributed by atoms with Crippen LogP contribution in [0.3, 0.4) is 0 Å². The third-order valence-corrected chi connectivity index (χ3v) is 1.73. The first kappa shape index (κ1) is 7.97. The molecule has 1 aliphatic rings. The van der Waals surface area contributed by atoms with Crippen molar-refractivity contribution in [1.29, 1.82) is 0 Å². The summed E-state index contributed by atoms with van der Waals surface area (Å²) in [7, 11) is -3.25. The van der Waals surface area contributed by atoms with Gasteiger partial charge in [0.15, 0.2) is 0 Å². The molecule has 0 saturated carbocycles. The second-order valence-corrected chi connectivity index (χ2v) is 3.91. The molecule has 1 atom stereocenters. The van der Waals surface area contributed by atoms with Gasteiger partial charge in [-0.2, -0.15) is 8.42 Å². The minimum absolute atomic E-state index is 0.238. The van der Waals surface area contributed by atoms with Crippen LogP contribution in [0.25, 0.3) is 0 Å². The van der Waals surface area contributed by atoms with E-state index in [2.05, 4.69) is 4.18 Å². The van der Waals surface area contributed by atoms with Crippen LogP contribution in [0, 0.1) is 0 Å². The van der Waals surface area contributed by atoms with Gasteiger partial charge in [0.2, 0.25) is 0 Å². The van der Waals surface area contributed by atoms with Crippen molar-refractivity contribution in [1.82, 2.24) is 0 Å². The predicted octanol–water partition coefficient (Wildman–Crippen LogP) is -0.249. The van der Waals surface area contributed by atoms with Crippen molar-refractivity contribution < 1.29 is 17.3 Å². The smallest absolute Gasteiger partial charge is 0.264 e. The van der Waals surface area contributed by atoms with Gasteiger partial charge < -0.3 is 4.74 Å². The standard InChI is InChI=1S/C5H10O4S/c1-10(6,7)9-3-2-5-4-8-5/h5H,2-4H2,1H3/t5-/m1/s1. The Morgan fingerprint density at radius 1 is 1.70 bits per heavy atom. The van der Waals surface area contributed by atoms with Crippen LogP contribution in [0.2, 0.25) is 0 Å². The monoisotopic (exact) mass is 166 g/mol. The Bertz CT molecular complexity index is 192. The van der Waals surface area contributed by atoms with Crippen LogP contribution >= 0.6 is 0 Å². The lowest BCUT2D eigenvalue weighted by Gasteiger charge is -1.96. The van der Waals surface area contributed by atoms with E-state index in [4.69, 9.17) is 4.74 Å². The van der Waals surface area contributed by atoms with E-state index in [0.717, 1.165) is 12.9 Å². The predicted molar refractivity (Wildman–Crippen MR) is 35.2 cm³/mol. The van der Waals surface area contributed by atoms with Gasteiger partial charge in [-0.15, -0.1) is 0 Å². The molecule has 0 spiro atoms. The summed E-state index contributed by atoms with van der Waals surface area (Å²) in [6.45, 7) is 0.983. The van der Waals surface area contributed by atoms with Crippen molar-refractivity contribution in [3.63, 3.8) is 0 Å². The molecule has 1 aliphatic heterocycles. The molecule has 0 aromatic rings. The summed E-state index contributed by atoms with van der Waals surface area (Å²) >= 11 is 0. The molecule has 1 rings (SSSR count). The van der Waals surface area contributed by atoms with Gasteiger partial charge >= 0.3 is 0 Å². The molecule has 0 aliphatic carbocycles. The molecule has 10 heavy (non-hydrogen) atoms. The molecule has 0 aromatic heterocycles. The van der Waals surface area contributed by atoms with Crippen molar-refractivity contribution in [3.05, 3.63) is 0 Å². The summed E-state index contributed by atoms with van der Waals surface area (Å²) in [6, 6.07) is 0. The van der Waals surface area contributed by atoms with E-state index >= 15 is 0 Å². The van der Waals surface area contributed by atoms with E-state index in [1.54, 1.807) is 0 Å². The van der Waals surface area contributed by atoms with Crippen LogP contribution in [0.15, 0.2) is 0 Å². The number of rotatable bonds is 4. The van der Waals surface area contributed by atoms with Gasteiger partial charge in [0, 0.05) is 6.42 Å². The number of ether oxygens (including phenoxy) is 1. The molecule has 0 amide bonds. The largest absolute Gasteiger partial charge is 0.373 e. The molecule has 4 nitrogen and oxygen atoms in total. The Hall–Kier alpha value is -0.130. The van der Waals surface area contributed by atoms with Crippen LogP contribution < -0.4 is 0 Å². The zero-order valence-corrected chi connectivity index (χ0v) is 6.56. The topological polar surface area (TPSA) is 55.9 Å². The number of epoxide rings is 1. The molecule has 0 bridgehead atoms. The van der Waals surface area contributed by atoms with E-state index in [1.807, 2.05) is 0 Å². The minimum Gasteiger partial charge on any atom is -0.373 e. The lowest BCUT2D eigenvalue weighted by atomic mass is 10.4. The molecule has 1 fully saturated rings. The van der Waals surface area contributed by atoms with E-state index in [1.165, 1.54) is 0 Å². The Labute approximate surface area is 60.3 Å². The van der Waals surface area contributed by atoms with Crippen molar-refractivity contribution >= 4 is 10.1 Å². The number of hydrogen-bond acceptors (Lipinski definition) is 4. The van der Waals surface area contributed by atoms with Crippen LogP contribution in [0.4, 0.5) is 0 Å². The summed E-state index contributed by atoms with van der Waals surface area (Å²) in [4.78, 5) is 0. The first-order valence-corrected chi connectivity index (χ1v) is 4.85. The van der Waals surface area contributed by atoms with Crippen LogP contribution in [-0.2, 0) is 19.0 Å². The Kier molecular flexibility index (Phi) is 2.28. The second kappa shape index (κ2) is 2.86. The number of hydrogen-bond donors (Lipinski definition) is 0. The van der Waals surface area contributed by atoms with Gasteiger partial charge in [-0.05, 0) is 0 Å². The molecule has 5 heteroatoms. The van der Waals surface area contributed by atoms with E-state index in [-0.39, 0.29) is 12.7 Å². The summed E-state index contributed by atoms with van der Waals surface area (Å²) in [6.07, 6.45) is 1.95. The molecule has 0 N–H and O–H groups in total. The molecular formula is C5H10O4S. The van der Waals surface area contributed by atoms with Crippen molar-refractivity contribution in [2.45, 2.75) is 12.5 Å². The second-order valence-electron chi connectivity index (χ2n) is 2.27. The fraction of sp³-hybridized carbons (Fsp3) is 1.00. The molecule has 0 unspecified atom stereocenters. The maximum Gasteiger partial charge on any atom is 0.264 e. The van der Waals surface area contributed by atoms with Crippen molar-refractivity contribution in [3.8, 4) is 0 Å². The fourth-order valence-electron chi connectivity index (χ4n) is 0.566. The zero-order valence-electron chi connectivity index (χ0n) is 5.74. The summed E-state index contributed by atoms with van der Waals surface area (Å²) in [5.41, 5.74) is 0. The third-order valence-electron chi connectivity index (χ3n) is 1.14. The summed E-state index contributed by atoms with van der Waals surface area (Å²) < 4.78 is 30.1. The Morgan fingerprint density at radius 2 is 2.30 bits per heavy atom. The van der Waals surface area contributed by atoms with Crippen LogP contribution in [0.1, 0.15) is 6.42 Å². The van der Waals surface area contributed by atoms with Gasteiger partial charge in [-0.25, -0.2) is 0 Å². The van der Waals surface area contributed by atoms with Gasteiger partial charge in [0.25, 0.3) is 10.1 Å². The highest BCUT2D eigenvalue weighted by molar-refractivity contribution is 7.85. The van der Waals surface area contributed by atoms with Gasteiger partial charge in [0.1, 0.15) is 0 Å².